The summed E-state index contributed by atoms with van der Waals surface area (Å²) < 4.78 is 8.95. The van der Waals surface area contributed by atoms with Crippen LogP contribution in [0, 0.1) is 0 Å². The molecule has 0 atom stereocenters. The zero-order chi connectivity index (χ0) is 8.97. The Hall–Kier alpha value is -1.78. The van der Waals surface area contributed by atoms with Crippen LogP contribution in [0.3, 0.4) is 0 Å². The van der Waals surface area contributed by atoms with Crippen LogP contribution in [0.15, 0.2) is 21.5 Å². The van der Waals surface area contributed by atoms with Crippen molar-refractivity contribution in [3.8, 4) is 0 Å². The average molecular weight is 169 g/mol. The first-order chi connectivity index (χ1) is 5.72. The molecule has 0 fully saturated rings. The van der Waals surface area contributed by atoms with Gasteiger partial charge < -0.3 is 9.26 Å². The van der Waals surface area contributed by atoms with Gasteiger partial charge in [-0.1, -0.05) is 0 Å². The van der Waals surface area contributed by atoms with Gasteiger partial charge >= 0.3 is 5.97 Å². The van der Waals surface area contributed by atoms with E-state index in [0.717, 1.165) is 6.08 Å². The van der Waals surface area contributed by atoms with Gasteiger partial charge in [0.05, 0.1) is 13.2 Å². The molecule has 1 aromatic rings. The van der Waals surface area contributed by atoms with Crippen molar-refractivity contribution in [3.05, 3.63) is 28.3 Å². The van der Waals surface area contributed by atoms with Crippen molar-refractivity contribution in [1.29, 1.82) is 0 Å². The number of nitrogens with one attached hydrogen (secondary N) is 1. The highest BCUT2D eigenvalue weighted by atomic mass is 16.5. The Bertz CT molecular complexity index is 346. The molecule has 0 aliphatic rings. The smallest absolute Gasteiger partial charge is 0.330 e. The molecule has 0 aromatic carbocycles. The maximum atomic E-state index is 10.6. The summed E-state index contributed by atoms with van der Waals surface area (Å²) >= 11 is 0. The Morgan fingerprint density at radius 1 is 1.75 bits per heavy atom. The Kier molecular flexibility index (Phi) is 2.47. The summed E-state index contributed by atoms with van der Waals surface area (Å²) in [6.45, 7) is 0. The number of H-pyrrole nitrogens is 1. The Morgan fingerprint density at radius 3 is 3.00 bits per heavy atom. The van der Waals surface area contributed by atoms with Crippen LogP contribution in [-0.2, 0) is 9.53 Å². The molecule has 0 saturated heterocycles. The minimum atomic E-state index is -0.501. The van der Waals surface area contributed by atoms with E-state index in [4.69, 9.17) is 0 Å². The molecule has 0 saturated carbocycles. The van der Waals surface area contributed by atoms with Crippen LogP contribution in [0.1, 0.15) is 5.76 Å². The summed E-state index contributed by atoms with van der Waals surface area (Å²) in [6.07, 6.45) is 2.50. The van der Waals surface area contributed by atoms with Crippen LogP contribution < -0.4 is 5.56 Å². The maximum absolute atomic E-state index is 10.6. The Labute approximate surface area is 67.6 Å². The first kappa shape index (κ1) is 8.32. The first-order valence-electron chi connectivity index (χ1n) is 3.17. The van der Waals surface area contributed by atoms with Gasteiger partial charge in [-0.2, -0.15) is 5.16 Å². The minimum absolute atomic E-state index is 0.283. The second-order valence-corrected chi connectivity index (χ2v) is 1.97. The van der Waals surface area contributed by atoms with Crippen LogP contribution in [0.5, 0.6) is 0 Å². The third kappa shape index (κ3) is 2.12. The third-order valence-corrected chi connectivity index (χ3v) is 1.13. The average Bonchev–Trinajstić information content (AvgIpc) is 2.47. The molecule has 0 unspecified atom stereocenters. The van der Waals surface area contributed by atoms with Crippen molar-refractivity contribution in [3.63, 3.8) is 0 Å². The second-order valence-electron chi connectivity index (χ2n) is 1.97. The van der Waals surface area contributed by atoms with Crippen LogP contribution in [0.4, 0.5) is 0 Å². The van der Waals surface area contributed by atoms with Gasteiger partial charge in [-0.25, -0.2) is 4.79 Å². The van der Waals surface area contributed by atoms with Gasteiger partial charge in [-0.05, 0) is 6.08 Å². The highest BCUT2D eigenvalue weighted by molar-refractivity contribution is 5.86. The first-order valence-corrected chi connectivity index (χ1v) is 3.17. The van der Waals surface area contributed by atoms with Crippen molar-refractivity contribution < 1.29 is 14.1 Å². The van der Waals surface area contributed by atoms with E-state index in [-0.39, 0.29) is 11.3 Å². The van der Waals surface area contributed by atoms with E-state index in [0.29, 0.717) is 0 Å². The summed E-state index contributed by atoms with van der Waals surface area (Å²) in [6, 6.07) is 1.22. The molecule has 1 N–H and O–H groups in total. The molecule has 0 aliphatic carbocycles. The molecule has 0 radical (unpaired) electrons. The van der Waals surface area contributed by atoms with Crippen LogP contribution in [0.2, 0.25) is 0 Å². The number of carbonyl (C=O) groups excluding carboxylic acids is 1. The molecule has 5 nitrogen and oxygen atoms in total. The van der Waals surface area contributed by atoms with Gasteiger partial charge in [-0.15, -0.1) is 0 Å². The monoisotopic (exact) mass is 169 g/mol. The molecule has 12 heavy (non-hydrogen) atoms. The molecule has 0 amide bonds. The number of hydrogen-bond donors (Lipinski definition) is 1. The number of rotatable bonds is 2. The summed E-state index contributed by atoms with van der Waals surface area (Å²) in [5.41, 5.74) is -0.348. The molecule has 1 aromatic heterocycles. The van der Waals surface area contributed by atoms with Gasteiger partial charge in [0.15, 0.2) is 5.76 Å². The molecule has 1 rings (SSSR count). The standard InChI is InChI=1S/C7H7NO4/c1-11-7(10)3-2-5-4-6(9)8-12-5/h2-4H,1H3,(H,8,9)/b3-2+. The maximum Gasteiger partial charge on any atom is 0.330 e. The number of aromatic nitrogens is 1. The van der Waals surface area contributed by atoms with Gasteiger partial charge in [0.1, 0.15) is 0 Å². The van der Waals surface area contributed by atoms with E-state index in [1.807, 2.05) is 0 Å². The zero-order valence-electron chi connectivity index (χ0n) is 6.37. The summed E-state index contributed by atoms with van der Waals surface area (Å²) in [5, 5.41) is 2.08. The number of aromatic amines is 1. The van der Waals surface area contributed by atoms with Gasteiger partial charge in [0.25, 0.3) is 5.56 Å². The predicted molar refractivity (Wildman–Crippen MR) is 40.4 cm³/mol. The van der Waals surface area contributed by atoms with Crippen LogP contribution >= 0.6 is 0 Å². The predicted octanol–water partition coefficient (Wildman–Crippen LogP) is 0.154. The van der Waals surface area contributed by atoms with E-state index in [2.05, 4.69) is 14.4 Å². The van der Waals surface area contributed by atoms with Crippen LogP contribution in [0.25, 0.3) is 6.08 Å². The summed E-state index contributed by atoms with van der Waals surface area (Å²) in [5.74, 6) is -0.218. The largest absolute Gasteiger partial charge is 0.466 e. The van der Waals surface area contributed by atoms with E-state index < -0.39 is 5.97 Å². The second kappa shape index (κ2) is 3.56. The number of methoxy groups -OCH3 is 1. The lowest BCUT2D eigenvalue weighted by Crippen LogP contribution is -1.93. The number of hydrogen-bond acceptors (Lipinski definition) is 4. The van der Waals surface area contributed by atoms with Crippen LogP contribution in [-0.4, -0.2) is 18.2 Å². The molecule has 64 valence electrons. The Balaban J connectivity index is 2.69. The van der Waals surface area contributed by atoms with Gasteiger partial charge in [-0.3, -0.25) is 4.79 Å². The number of esters is 1. The minimum Gasteiger partial charge on any atom is -0.466 e. The van der Waals surface area contributed by atoms with E-state index in [1.165, 1.54) is 19.3 Å². The fourth-order valence-corrected chi connectivity index (χ4v) is 0.598. The van der Waals surface area contributed by atoms with Crippen molar-refractivity contribution >= 4 is 12.0 Å². The van der Waals surface area contributed by atoms with Gasteiger partial charge in [0, 0.05) is 6.08 Å². The van der Waals surface area contributed by atoms with E-state index in [1.54, 1.807) is 0 Å². The topological polar surface area (TPSA) is 72.3 Å². The fraction of sp³-hybridized carbons (Fsp3) is 0.143. The fourth-order valence-electron chi connectivity index (χ4n) is 0.598. The Morgan fingerprint density at radius 2 is 2.50 bits per heavy atom. The van der Waals surface area contributed by atoms with Crippen molar-refractivity contribution in [2.45, 2.75) is 0 Å². The highest BCUT2D eigenvalue weighted by Gasteiger charge is 1.95. The number of carbonyl (C=O) groups is 1. The molecule has 0 bridgehead atoms. The molecule has 5 heteroatoms. The van der Waals surface area contributed by atoms with E-state index >= 15 is 0 Å². The molecular weight excluding hydrogens is 162 g/mol. The summed E-state index contributed by atoms with van der Waals surface area (Å²) in [7, 11) is 1.26. The molecule has 0 spiro atoms. The quantitative estimate of drug-likeness (QED) is 0.505. The van der Waals surface area contributed by atoms with Gasteiger partial charge in [0.2, 0.25) is 0 Å². The highest BCUT2D eigenvalue weighted by Crippen LogP contribution is 1.95. The third-order valence-electron chi connectivity index (χ3n) is 1.13. The summed E-state index contributed by atoms with van der Waals surface area (Å²) in [4.78, 5) is 21.1. The normalized spacial score (nSPS) is 10.4. The SMILES string of the molecule is COC(=O)/C=C/c1cc(=O)[nH]o1. The lowest BCUT2D eigenvalue weighted by Gasteiger charge is -1.86. The van der Waals surface area contributed by atoms with Crippen molar-refractivity contribution in [2.75, 3.05) is 7.11 Å². The molecule has 0 aliphatic heterocycles. The zero-order valence-corrected chi connectivity index (χ0v) is 6.37. The number of ether oxygens (including phenoxy) is 1. The van der Waals surface area contributed by atoms with E-state index in [9.17, 15) is 9.59 Å². The van der Waals surface area contributed by atoms with Crippen molar-refractivity contribution in [1.82, 2.24) is 5.16 Å². The van der Waals surface area contributed by atoms with Crippen molar-refractivity contribution in [2.24, 2.45) is 0 Å². The molecule has 1 heterocycles. The lowest BCUT2D eigenvalue weighted by atomic mass is 10.4. The lowest BCUT2D eigenvalue weighted by molar-refractivity contribution is -0.134. The molecular formula is C7H7NO4.